The van der Waals surface area contributed by atoms with E-state index >= 15 is 0 Å². The Labute approximate surface area is 155 Å². The largest absolute Gasteiger partial charge is 0.349 e. The van der Waals surface area contributed by atoms with Crippen molar-refractivity contribution in [2.24, 2.45) is 0 Å². The molecule has 2 aromatic rings. The lowest BCUT2D eigenvalue weighted by atomic mass is 10.1. The average molecular weight is 385 g/mol. The minimum absolute atomic E-state index is 0.162. The van der Waals surface area contributed by atoms with Crippen molar-refractivity contribution >= 4 is 46.4 Å². The number of carbonyl (C=O) groups is 2. The molecular weight excluding hydrogens is 367 g/mol. The summed E-state index contributed by atoms with van der Waals surface area (Å²) in [6, 6.07) is 8.37. The number of carbonyl (C=O) groups excluding carboxylic acids is 2. The second kappa shape index (κ2) is 8.51. The monoisotopic (exact) mass is 384 g/mol. The molecule has 0 bridgehead atoms. The zero-order valence-electron chi connectivity index (χ0n) is 13.3. The molecule has 0 saturated heterocycles. The highest BCUT2D eigenvalue weighted by atomic mass is 35.5. The summed E-state index contributed by atoms with van der Waals surface area (Å²) in [7, 11) is 0. The van der Waals surface area contributed by atoms with Gasteiger partial charge in [0.05, 0.1) is 18.5 Å². The minimum atomic E-state index is -0.338. The molecule has 1 heterocycles. The molecular formula is C17H18Cl2N2O2S. The van der Waals surface area contributed by atoms with Gasteiger partial charge in [0, 0.05) is 21.8 Å². The highest BCUT2D eigenvalue weighted by Gasteiger charge is 2.20. The van der Waals surface area contributed by atoms with E-state index in [0.717, 1.165) is 10.4 Å². The van der Waals surface area contributed by atoms with E-state index in [9.17, 15) is 9.59 Å². The number of thiophene rings is 1. The molecule has 1 aromatic heterocycles. The maximum absolute atomic E-state index is 12.4. The van der Waals surface area contributed by atoms with E-state index in [4.69, 9.17) is 23.2 Å². The van der Waals surface area contributed by atoms with Gasteiger partial charge < -0.3 is 10.6 Å². The third-order valence-electron chi connectivity index (χ3n) is 3.46. The summed E-state index contributed by atoms with van der Waals surface area (Å²) < 4.78 is 0. The zero-order chi connectivity index (χ0) is 17.7. The van der Waals surface area contributed by atoms with Crippen LogP contribution in [0.15, 0.2) is 35.7 Å². The van der Waals surface area contributed by atoms with Gasteiger partial charge in [-0.25, -0.2) is 0 Å². The van der Waals surface area contributed by atoms with Crippen LogP contribution >= 0.6 is 34.5 Å². The van der Waals surface area contributed by atoms with Crippen molar-refractivity contribution in [2.45, 2.75) is 32.4 Å². The molecule has 2 atom stereocenters. The first-order valence-electron chi connectivity index (χ1n) is 7.41. The van der Waals surface area contributed by atoms with E-state index in [1.807, 2.05) is 24.4 Å². The first-order chi connectivity index (χ1) is 11.4. The molecule has 0 saturated carbocycles. The number of benzene rings is 1. The Kier molecular flexibility index (Phi) is 6.66. The fourth-order valence-electron chi connectivity index (χ4n) is 2.37. The van der Waals surface area contributed by atoms with E-state index in [-0.39, 0.29) is 30.3 Å². The quantitative estimate of drug-likeness (QED) is 0.769. The van der Waals surface area contributed by atoms with Gasteiger partial charge >= 0.3 is 0 Å². The van der Waals surface area contributed by atoms with Crippen LogP contribution in [0.4, 0.5) is 0 Å². The van der Waals surface area contributed by atoms with Crippen molar-refractivity contribution in [3.63, 3.8) is 0 Å². The third kappa shape index (κ3) is 5.23. The summed E-state index contributed by atoms with van der Waals surface area (Å²) in [5, 5.41) is 8.69. The average Bonchev–Trinajstić information content (AvgIpc) is 2.99. The van der Waals surface area contributed by atoms with Crippen LogP contribution in [0, 0.1) is 0 Å². The Balaban J connectivity index is 2.03. The highest BCUT2D eigenvalue weighted by molar-refractivity contribution is 7.10. The molecule has 1 aromatic carbocycles. The second-order valence-electron chi connectivity index (χ2n) is 5.43. The third-order valence-corrected chi connectivity index (χ3v) is 5.01. The number of amides is 2. The van der Waals surface area contributed by atoms with Gasteiger partial charge in [-0.05, 0) is 36.1 Å². The van der Waals surface area contributed by atoms with E-state index < -0.39 is 0 Å². The fourth-order valence-corrected chi connectivity index (χ4v) is 3.72. The van der Waals surface area contributed by atoms with Crippen LogP contribution in [-0.4, -0.2) is 11.8 Å². The maximum Gasteiger partial charge on any atom is 0.222 e. The number of nitrogens with one attached hydrogen (secondary N) is 2. The number of hydrogen-bond acceptors (Lipinski definition) is 3. The Morgan fingerprint density at radius 3 is 2.54 bits per heavy atom. The van der Waals surface area contributed by atoms with Gasteiger partial charge in [0.25, 0.3) is 0 Å². The van der Waals surface area contributed by atoms with Crippen LogP contribution in [0.2, 0.25) is 10.0 Å². The van der Waals surface area contributed by atoms with Gasteiger partial charge in [-0.2, -0.15) is 0 Å². The van der Waals surface area contributed by atoms with Crippen LogP contribution in [-0.2, 0) is 9.59 Å². The van der Waals surface area contributed by atoms with Gasteiger partial charge in [-0.15, -0.1) is 11.3 Å². The number of rotatable bonds is 6. The summed E-state index contributed by atoms with van der Waals surface area (Å²) >= 11 is 13.6. The van der Waals surface area contributed by atoms with Crippen LogP contribution < -0.4 is 10.6 Å². The Morgan fingerprint density at radius 1 is 1.21 bits per heavy atom. The SMILES string of the molecule is CC(=O)N[C@H](CC(=O)N[C@H](C)c1ccc(Cl)cc1Cl)c1cccs1. The first kappa shape index (κ1) is 18.8. The van der Waals surface area contributed by atoms with Crippen molar-refractivity contribution in [1.29, 1.82) is 0 Å². The maximum atomic E-state index is 12.4. The molecule has 2 amide bonds. The molecule has 2 rings (SSSR count). The topological polar surface area (TPSA) is 58.2 Å². The summed E-state index contributed by atoms with van der Waals surface area (Å²) in [5.74, 6) is -0.337. The molecule has 7 heteroatoms. The lowest BCUT2D eigenvalue weighted by Gasteiger charge is -2.19. The summed E-state index contributed by atoms with van der Waals surface area (Å²) in [6.45, 7) is 3.29. The minimum Gasteiger partial charge on any atom is -0.349 e. The van der Waals surface area contributed by atoms with Crippen molar-refractivity contribution in [2.75, 3.05) is 0 Å². The lowest BCUT2D eigenvalue weighted by molar-refractivity contribution is -0.123. The second-order valence-corrected chi connectivity index (χ2v) is 7.25. The van der Waals surface area contributed by atoms with E-state index in [1.165, 1.54) is 18.3 Å². The fraction of sp³-hybridized carbons (Fsp3) is 0.294. The van der Waals surface area contributed by atoms with Crippen molar-refractivity contribution in [3.8, 4) is 0 Å². The molecule has 2 N–H and O–H groups in total. The highest BCUT2D eigenvalue weighted by Crippen LogP contribution is 2.27. The number of hydrogen-bond donors (Lipinski definition) is 2. The van der Waals surface area contributed by atoms with Crippen molar-refractivity contribution in [3.05, 3.63) is 56.2 Å². The molecule has 128 valence electrons. The van der Waals surface area contributed by atoms with E-state index in [1.54, 1.807) is 18.2 Å². The predicted molar refractivity (Wildman–Crippen MR) is 98.5 cm³/mol. The van der Waals surface area contributed by atoms with Gasteiger partial charge in [-0.3, -0.25) is 9.59 Å². The Morgan fingerprint density at radius 2 is 1.96 bits per heavy atom. The lowest BCUT2D eigenvalue weighted by Crippen LogP contribution is -2.33. The molecule has 0 aliphatic carbocycles. The summed E-state index contributed by atoms with van der Waals surface area (Å²) in [6.07, 6.45) is 0.162. The molecule has 0 aliphatic heterocycles. The van der Waals surface area contributed by atoms with Crippen LogP contribution in [0.1, 0.15) is 42.8 Å². The molecule has 0 unspecified atom stereocenters. The molecule has 0 radical (unpaired) electrons. The first-order valence-corrected chi connectivity index (χ1v) is 9.05. The zero-order valence-corrected chi connectivity index (χ0v) is 15.6. The van der Waals surface area contributed by atoms with Crippen LogP contribution in [0.25, 0.3) is 0 Å². The predicted octanol–water partition coefficient (Wildman–Crippen LogP) is 4.50. The van der Waals surface area contributed by atoms with Gasteiger partial charge in [0.1, 0.15) is 0 Å². The van der Waals surface area contributed by atoms with Crippen LogP contribution in [0.5, 0.6) is 0 Å². The number of halogens is 2. The summed E-state index contributed by atoms with van der Waals surface area (Å²) in [4.78, 5) is 24.7. The standard InChI is InChI=1S/C17H18Cl2N2O2S/c1-10(13-6-5-12(18)8-14(13)19)20-17(23)9-15(21-11(2)22)16-4-3-7-24-16/h3-8,10,15H,9H2,1-2H3,(H,20,23)(H,21,22)/t10-,15-/m1/s1. The molecule has 24 heavy (non-hydrogen) atoms. The Bertz CT molecular complexity index is 719. The van der Waals surface area contributed by atoms with Gasteiger partial charge in [0.15, 0.2) is 0 Å². The normalized spacial score (nSPS) is 13.2. The van der Waals surface area contributed by atoms with Crippen molar-refractivity contribution < 1.29 is 9.59 Å². The van der Waals surface area contributed by atoms with Gasteiger partial charge in [-0.1, -0.05) is 35.3 Å². The van der Waals surface area contributed by atoms with Crippen molar-refractivity contribution in [1.82, 2.24) is 10.6 Å². The molecule has 0 aliphatic rings. The smallest absolute Gasteiger partial charge is 0.222 e. The molecule has 4 nitrogen and oxygen atoms in total. The Hall–Kier alpha value is -1.56. The molecule has 0 fully saturated rings. The van der Waals surface area contributed by atoms with Gasteiger partial charge in [0.2, 0.25) is 11.8 Å². The van der Waals surface area contributed by atoms with E-state index in [2.05, 4.69) is 10.6 Å². The van der Waals surface area contributed by atoms with Crippen LogP contribution in [0.3, 0.4) is 0 Å². The molecule has 0 spiro atoms. The van der Waals surface area contributed by atoms with E-state index in [0.29, 0.717) is 10.0 Å². The summed E-state index contributed by atoms with van der Waals surface area (Å²) in [5.41, 5.74) is 0.793.